The highest BCUT2D eigenvalue weighted by Gasteiger charge is 2.19. The molecule has 0 fully saturated rings. The fraction of sp³-hybridized carbons (Fsp3) is 0.533. The smallest absolute Gasteiger partial charge is 0.408 e. The SMILES string of the molecule is CC(C)(C)OC(=O)NCC(=O)Nc1cc(Br)sc1C(=O)O.CCC. The number of carboxylic acid groups (broad SMARTS) is 1. The molecule has 0 unspecified atom stereocenters. The van der Waals surface area contributed by atoms with Crippen LogP contribution >= 0.6 is 27.3 Å². The second-order valence-corrected chi connectivity index (χ2v) is 8.14. The van der Waals surface area contributed by atoms with Crippen LogP contribution in [0.2, 0.25) is 0 Å². The standard InChI is InChI=1S/C12H15BrN2O5S.C3H8/c1-12(2,3)20-11(19)14-5-8(16)15-6-4-7(13)21-9(6)10(17)18;1-3-2/h4H,5H2,1-3H3,(H,14,19)(H,15,16)(H,17,18);3H2,1-2H3. The van der Waals surface area contributed by atoms with E-state index in [4.69, 9.17) is 9.84 Å². The minimum atomic E-state index is -1.14. The Bertz CT molecular complexity index is 581. The molecule has 0 aliphatic rings. The number of hydrogen-bond acceptors (Lipinski definition) is 5. The molecule has 0 bridgehead atoms. The molecule has 1 heterocycles. The summed E-state index contributed by atoms with van der Waals surface area (Å²) in [6.07, 6.45) is 0.530. The highest BCUT2D eigenvalue weighted by Crippen LogP contribution is 2.31. The number of anilines is 1. The molecule has 0 aliphatic heterocycles. The number of amides is 2. The number of rotatable bonds is 4. The van der Waals surface area contributed by atoms with Gasteiger partial charge >= 0.3 is 12.1 Å². The normalized spacial score (nSPS) is 10.2. The van der Waals surface area contributed by atoms with E-state index in [1.54, 1.807) is 20.8 Å². The minimum Gasteiger partial charge on any atom is -0.477 e. The Morgan fingerprint density at radius 2 is 1.83 bits per heavy atom. The van der Waals surface area contributed by atoms with Gasteiger partial charge in [0.15, 0.2) is 0 Å². The fourth-order valence-corrected chi connectivity index (χ4v) is 2.67. The number of carbonyl (C=O) groups is 3. The molecule has 9 heteroatoms. The molecule has 24 heavy (non-hydrogen) atoms. The van der Waals surface area contributed by atoms with E-state index in [-0.39, 0.29) is 17.1 Å². The van der Waals surface area contributed by atoms with Gasteiger partial charge in [-0.1, -0.05) is 20.3 Å². The Kier molecular flexibility index (Phi) is 9.60. The largest absolute Gasteiger partial charge is 0.477 e. The van der Waals surface area contributed by atoms with Crippen molar-refractivity contribution in [2.45, 2.75) is 46.6 Å². The lowest BCUT2D eigenvalue weighted by Gasteiger charge is -2.19. The van der Waals surface area contributed by atoms with Crippen LogP contribution in [0.15, 0.2) is 9.85 Å². The van der Waals surface area contributed by atoms with E-state index in [0.717, 1.165) is 11.3 Å². The number of nitrogens with one attached hydrogen (secondary N) is 2. The lowest BCUT2D eigenvalue weighted by Crippen LogP contribution is -2.37. The zero-order valence-corrected chi connectivity index (χ0v) is 16.8. The topological polar surface area (TPSA) is 105 Å². The van der Waals surface area contributed by atoms with Crippen LogP contribution in [0.1, 0.15) is 50.7 Å². The van der Waals surface area contributed by atoms with Crippen LogP contribution in [0.4, 0.5) is 10.5 Å². The first-order chi connectivity index (χ1) is 11.0. The molecule has 0 saturated carbocycles. The molecular formula is C15H23BrN2O5S. The van der Waals surface area contributed by atoms with Gasteiger partial charge in [0, 0.05) is 0 Å². The summed E-state index contributed by atoms with van der Waals surface area (Å²) in [7, 11) is 0. The Morgan fingerprint density at radius 3 is 2.29 bits per heavy atom. The lowest BCUT2D eigenvalue weighted by molar-refractivity contribution is -0.115. The average Bonchev–Trinajstić information content (AvgIpc) is 2.76. The van der Waals surface area contributed by atoms with Gasteiger partial charge in [-0.05, 0) is 42.8 Å². The summed E-state index contributed by atoms with van der Waals surface area (Å²) in [5.41, 5.74) is -0.481. The number of ether oxygens (including phenoxy) is 1. The molecule has 0 spiro atoms. The fourth-order valence-electron chi connectivity index (χ4n) is 1.27. The Morgan fingerprint density at radius 1 is 1.29 bits per heavy atom. The Hall–Kier alpha value is -1.61. The lowest BCUT2D eigenvalue weighted by atomic mass is 10.2. The third-order valence-electron chi connectivity index (χ3n) is 1.96. The molecule has 0 aliphatic carbocycles. The molecule has 0 saturated heterocycles. The quantitative estimate of drug-likeness (QED) is 0.677. The summed E-state index contributed by atoms with van der Waals surface area (Å²) in [4.78, 5) is 34.1. The van der Waals surface area contributed by atoms with Crippen molar-refractivity contribution in [2.24, 2.45) is 0 Å². The average molecular weight is 423 g/mol. The number of hydrogen-bond donors (Lipinski definition) is 3. The van der Waals surface area contributed by atoms with E-state index in [1.165, 1.54) is 12.5 Å². The van der Waals surface area contributed by atoms with Crippen molar-refractivity contribution in [2.75, 3.05) is 11.9 Å². The van der Waals surface area contributed by atoms with Crippen molar-refractivity contribution in [3.8, 4) is 0 Å². The van der Waals surface area contributed by atoms with Gasteiger partial charge in [-0.15, -0.1) is 11.3 Å². The van der Waals surface area contributed by atoms with Gasteiger partial charge in [-0.3, -0.25) is 4.79 Å². The van der Waals surface area contributed by atoms with E-state index < -0.39 is 23.6 Å². The van der Waals surface area contributed by atoms with E-state index >= 15 is 0 Å². The number of thiophene rings is 1. The van der Waals surface area contributed by atoms with Gasteiger partial charge in [0.1, 0.15) is 17.0 Å². The first-order valence-electron chi connectivity index (χ1n) is 7.29. The van der Waals surface area contributed by atoms with E-state index in [9.17, 15) is 14.4 Å². The highest BCUT2D eigenvalue weighted by atomic mass is 79.9. The van der Waals surface area contributed by atoms with Crippen LogP contribution < -0.4 is 10.6 Å². The summed E-state index contributed by atoms with van der Waals surface area (Å²) >= 11 is 4.14. The van der Waals surface area contributed by atoms with Crippen LogP contribution in [0.5, 0.6) is 0 Å². The second kappa shape index (κ2) is 10.3. The van der Waals surface area contributed by atoms with Gasteiger partial charge in [-0.2, -0.15) is 0 Å². The third kappa shape index (κ3) is 9.51. The van der Waals surface area contributed by atoms with Crippen LogP contribution in [0.25, 0.3) is 0 Å². The first-order valence-corrected chi connectivity index (χ1v) is 8.90. The van der Waals surface area contributed by atoms with Crippen molar-refractivity contribution >= 4 is 50.9 Å². The van der Waals surface area contributed by atoms with Crippen molar-refractivity contribution < 1.29 is 24.2 Å². The maximum atomic E-state index is 11.7. The molecule has 0 radical (unpaired) electrons. The predicted molar refractivity (Wildman–Crippen MR) is 97.8 cm³/mol. The van der Waals surface area contributed by atoms with Gasteiger partial charge in [0.2, 0.25) is 5.91 Å². The first kappa shape index (κ1) is 22.4. The summed E-state index contributed by atoms with van der Waals surface area (Å²) < 4.78 is 5.55. The number of alkyl carbamates (subject to hydrolysis) is 1. The van der Waals surface area contributed by atoms with Crippen molar-refractivity contribution in [3.05, 3.63) is 14.7 Å². The van der Waals surface area contributed by atoms with Gasteiger partial charge in [0.05, 0.1) is 9.47 Å². The third-order valence-corrected chi connectivity index (χ3v) is 3.59. The summed E-state index contributed by atoms with van der Waals surface area (Å²) in [6.45, 7) is 9.04. The van der Waals surface area contributed by atoms with E-state index in [1.807, 2.05) is 0 Å². The monoisotopic (exact) mass is 422 g/mol. The number of carboxylic acids is 1. The van der Waals surface area contributed by atoms with Crippen molar-refractivity contribution in [1.82, 2.24) is 5.32 Å². The summed E-state index contributed by atoms with van der Waals surface area (Å²) in [5.74, 6) is -1.69. The van der Waals surface area contributed by atoms with Gasteiger partial charge < -0.3 is 20.5 Å². The predicted octanol–water partition coefficient (Wildman–Crippen LogP) is 4.09. The van der Waals surface area contributed by atoms with Crippen LogP contribution in [0.3, 0.4) is 0 Å². The highest BCUT2D eigenvalue weighted by molar-refractivity contribution is 9.11. The molecule has 0 atom stereocenters. The molecule has 2 amide bonds. The number of aromatic carboxylic acids is 1. The van der Waals surface area contributed by atoms with Crippen molar-refractivity contribution in [3.63, 3.8) is 0 Å². The zero-order chi connectivity index (χ0) is 18.9. The van der Waals surface area contributed by atoms with E-state index in [0.29, 0.717) is 3.79 Å². The Balaban J connectivity index is 0.00000163. The molecule has 1 aromatic heterocycles. The molecule has 0 aromatic carbocycles. The summed E-state index contributed by atoms with van der Waals surface area (Å²) in [5, 5.41) is 13.7. The minimum absolute atomic E-state index is 0.00694. The molecular weight excluding hydrogens is 400 g/mol. The van der Waals surface area contributed by atoms with E-state index in [2.05, 4.69) is 40.4 Å². The van der Waals surface area contributed by atoms with Crippen LogP contribution in [0, 0.1) is 0 Å². The van der Waals surface area contributed by atoms with Crippen molar-refractivity contribution in [1.29, 1.82) is 0 Å². The van der Waals surface area contributed by atoms with Gasteiger partial charge in [0.25, 0.3) is 0 Å². The molecule has 1 aromatic rings. The number of halogens is 1. The molecule has 1 rings (SSSR count). The maximum absolute atomic E-state index is 11.7. The maximum Gasteiger partial charge on any atom is 0.408 e. The summed E-state index contributed by atoms with van der Waals surface area (Å²) in [6, 6.07) is 1.49. The number of carbonyl (C=O) groups excluding carboxylic acids is 2. The molecule has 136 valence electrons. The van der Waals surface area contributed by atoms with Crippen LogP contribution in [-0.2, 0) is 9.53 Å². The van der Waals surface area contributed by atoms with Crippen LogP contribution in [-0.4, -0.2) is 35.2 Å². The molecule has 7 nitrogen and oxygen atoms in total. The molecule has 3 N–H and O–H groups in total. The second-order valence-electron chi connectivity index (χ2n) is 5.71. The Labute approximate surface area is 153 Å². The zero-order valence-electron chi connectivity index (χ0n) is 14.4. The van der Waals surface area contributed by atoms with Gasteiger partial charge in [-0.25, -0.2) is 9.59 Å².